The smallest absolute Gasteiger partial charge is 0.242 e. The van der Waals surface area contributed by atoms with E-state index in [1.54, 1.807) is 22.8 Å². The molecule has 0 aliphatic heterocycles. The van der Waals surface area contributed by atoms with Gasteiger partial charge in [-0.05, 0) is 63.2 Å². The molecule has 3 aromatic rings. The van der Waals surface area contributed by atoms with E-state index in [4.69, 9.17) is 9.72 Å². The summed E-state index contributed by atoms with van der Waals surface area (Å²) in [6.07, 6.45) is 0.916. The third-order valence-electron chi connectivity index (χ3n) is 5.74. The van der Waals surface area contributed by atoms with Gasteiger partial charge in [0.25, 0.3) is 0 Å². The number of aryl methyl sites for hydroxylation is 3. The summed E-state index contributed by atoms with van der Waals surface area (Å²) in [5, 5.41) is 5.27. The van der Waals surface area contributed by atoms with Crippen molar-refractivity contribution in [1.29, 1.82) is 0 Å². The molecule has 1 amide bonds. The Morgan fingerprint density at radius 1 is 1.22 bits per heavy atom. The predicted molar refractivity (Wildman–Crippen MR) is 123 cm³/mol. The van der Waals surface area contributed by atoms with E-state index in [0.29, 0.717) is 31.8 Å². The first-order chi connectivity index (χ1) is 15.2. The number of nitrogens with zero attached hydrogens (tertiary/aromatic N) is 5. The maximum Gasteiger partial charge on any atom is 0.242 e. The monoisotopic (exact) mass is 441 g/mol. The Hall–Kier alpha value is -3.00. The summed E-state index contributed by atoms with van der Waals surface area (Å²) in [5.74, 6) is 0.283. The second kappa shape index (κ2) is 10.1. The maximum atomic E-state index is 13.6. The minimum absolute atomic E-state index is 0.0353. The first-order valence-corrected chi connectivity index (χ1v) is 10.7. The minimum Gasteiger partial charge on any atom is -0.479 e. The number of carbonyl (C=O) groups excluding carboxylic acids is 1. The molecule has 0 aliphatic carbocycles. The minimum atomic E-state index is -0.293. The Morgan fingerprint density at radius 2 is 1.97 bits per heavy atom. The number of likely N-dealkylation sites (N-methyl/N-ethyl adjacent to an activating group) is 1. The zero-order valence-corrected chi connectivity index (χ0v) is 19.8. The summed E-state index contributed by atoms with van der Waals surface area (Å²) in [7, 11) is 7.38. The number of ether oxygens (including phenoxy) is 1. The molecule has 0 atom stereocenters. The second-order valence-electron chi connectivity index (χ2n) is 8.38. The first-order valence-electron chi connectivity index (χ1n) is 10.7. The van der Waals surface area contributed by atoms with Gasteiger partial charge in [-0.2, -0.15) is 0 Å². The van der Waals surface area contributed by atoms with E-state index in [1.807, 2.05) is 46.0 Å². The lowest BCUT2D eigenvalue weighted by atomic mass is 10.00. The third kappa shape index (κ3) is 5.24. The van der Waals surface area contributed by atoms with E-state index in [-0.39, 0.29) is 11.7 Å². The molecule has 7 nitrogen and oxygen atoms in total. The largest absolute Gasteiger partial charge is 0.479 e. The zero-order chi connectivity index (χ0) is 23.4. The third-order valence-corrected chi connectivity index (χ3v) is 5.74. The molecule has 2 aromatic heterocycles. The van der Waals surface area contributed by atoms with Crippen LogP contribution in [0.3, 0.4) is 0 Å². The van der Waals surface area contributed by atoms with Crippen molar-refractivity contribution in [2.24, 2.45) is 7.05 Å². The zero-order valence-electron chi connectivity index (χ0n) is 19.8. The summed E-state index contributed by atoms with van der Waals surface area (Å²) in [6, 6.07) is 6.42. The summed E-state index contributed by atoms with van der Waals surface area (Å²) in [6.45, 7) is 5.68. The number of rotatable bonds is 9. The Balaban J connectivity index is 1.81. The van der Waals surface area contributed by atoms with Crippen LogP contribution in [0.2, 0.25) is 0 Å². The first kappa shape index (κ1) is 23.7. The van der Waals surface area contributed by atoms with Crippen molar-refractivity contribution in [3.63, 3.8) is 0 Å². The molecule has 0 aliphatic rings. The molecule has 1 aromatic carbocycles. The molecule has 0 saturated heterocycles. The van der Waals surface area contributed by atoms with Crippen molar-refractivity contribution in [2.75, 3.05) is 34.3 Å². The van der Waals surface area contributed by atoms with Gasteiger partial charge in [-0.3, -0.25) is 4.79 Å². The van der Waals surface area contributed by atoms with Crippen molar-refractivity contribution in [3.05, 3.63) is 52.5 Å². The van der Waals surface area contributed by atoms with Crippen LogP contribution in [-0.2, 0) is 24.8 Å². The van der Waals surface area contributed by atoms with E-state index in [1.165, 1.54) is 12.1 Å². The summed E-state index contributed by atoms with van der Waals surface area (Å²) in [5.41, 5.74) is 4.52. The molecule has 0 N–H and O–H groups in total. The molecule has 8 heteroatoms. The van der Waals surface area contributed by atoms with Gasteiger partial charge < -0.3 is 14.5 Å². The number of halogens is 1. The number of hydrogen-bond acceptors (Lipinski definition) is 5. The van der Waals surface area contributed by atoms with E-state index in [0.717, 1.165) is 40.0 Å². The lowest BCUT2D eigenvalue weighted by molar-refractivity contribution is -0.132. The Labute approximate surface area is 188 Å². The van der Waals surface area contributed by atoms with Crippen molar-refractivity contribution in [2.45, 2.75) is 33.2 Å². The number of benzene rings is 1. The van der Waals surface area contributed by atoms with Crippen LogP contribution in [-0.4, -0.2) is 64.8 Å². The van der Waals surface area contributed by atoms with E-state index < -0.39 is 0 Å². The molecule has 32 heavy (non-hydrogen) atoms. The van der Waals surface area contributed by atoms with Crippen LogP contribution < -0.4 is 4.74 Å². The van der Waals surface area contributed by atoms with Crippen LogP contribution in [0.4, 0.5) is 4.39 Å². The number of fused-ring (bicyclic) bond motifs is 1. The van der Waals surface area contributed by atoms with Crippen molar-refractivity contribution in [1.82, 2.24) is 24.6 Å². The van der Waals surface area contributed by atoms with Gasteiger partial charge in [-0.1, -0.05) is 12.1 Å². The van der Waals surface area contributed by atoms with Gasteiger partial charge in [0.2, 0.25) is 11.8 Å². The van der Waals surface area contributed by atoms with Gasteiger partial charge in [0.05, 0.1) is 12.5 Å². The Kier molecular flexibility index (Phi) is 7.45. The average Bonchev–Trinajstić information content (AvgIpc) is 3.06. The predicted octanol–water partition coefficient (Wildman–Crippen LogP) is 3.26. The average molecular weight is 442 g/mol. The highest BCUT2D eigenvalue weighted by Gasteiger charge is 2.20. The second-order valence-corrected chi connectivity index (χ2v) is 8.38. The molecule has 0 saturated carbocycles. The van der Waals surface area contributed by atoms with Gasteiger partial charge in [-0.25, -0.2) is 14.1 Å². The summed E-state index contributed by atoms with van der Waals surface area (Å²) >= 11 is 0. The maximum absolute atomic E-state index is 13.6. The molecule has 0 fully saturated rings. The lowest BCUT2D eigenvalue weighted by Crippen LogP contribution is -2.36. The molecule has 172 valence electrons. The fourth-order valence-corrected chi connectivity index (χ4v) is 3.97. The van der Waals surface area contributed by atoms with E-state index >= 15 is 0 Å². The van der Waals surface area contributed by atoms with Gasteiger partial charge in [0, 0.05) is 38.8 Å². The number of aromatic nitrogens is 3. The molecular weight excluding hydrogens is 409 g/mol. The molecule has 3 rings (SSSR count). The fourth-order valence-electron chi connectivity index (χ4n) is 3.97. The van der Waals surface area contributed by atoms with Crippen molar-refractivity contribution < 1.29 is 13.9 Å². The number of amides is 1. The van der Waals surface area contributed by atoms with E-state index in [9.17, 15) is 9.18 Å². The van der Waals surface area contributed by atoms with Gasteiger partial charge >= 0.3 is 0 Å². The van der Waals surface area contributed by atoms with Crippen LogP contribution in [0.5, 0.6) is 5.88 Å². The van der Waals surface area contributed by atoms with Crippen molar-refractivity contribution in [3.8, 4) is 5.88 Å². The lowest BCUT2D eigenvalue weighted by Gasteiger charge is -2.25. The highest BCUT2D eigenvalue weighted by atomic mass is 19.1. The van der Waals surface area contributed by atoms with Crippen molar-refractivity contribution >= 4 is 16.9 Å². The van der Waals surface area contributed by atoms with Crippen LogP contribution >= 0.6 is 0 Å². The number of carbonyl (C=O) groups is 1. The van der Waals surface area contributed by atoms with Crippen LogP contribution in [0, 0.1) is 19.7 Å². The number of methoxy groups -OCH3 is 1. The van der Waals surface area contributed by atoms with Crippen LogP contribution in [0.15, 0.2) is 24.3 Å². The molecular formula is C24H32FN5O2. The SMILES string of the molecule is COc1nn(C)c2nc(C)c(CCC(=O)N(CCN(C)C)Cc3cccc(F)c3)c(C)c12. The van der Waals surface area contributed by atoms with E-state index in [2.05, 4.69) is 5.10 Å². The fraction of sp³-hybridized carbons (Fsp3) is 0.458. The highest BCUT2D eigenvalue weighted by Crippen LogP contribution is 2.30. The summed E-state index contributed by atoms with van der Waals surface area (Å²) < 4.78 is 20.8. The van der Waals surface area contributed by atoms with Crippen LogP contribution in [0.1, 0.15) is 28.8 Å². The highest BCUT2D eigenvalue weighted by molar-refractivity contribution is 5.86. The molecule has 0 radical (unpaired) electrons. The van der Waals surface area contributed by atoms with Gasteiger partial charge in [0.1, 0.15) is 5.82 Å². The summed E-state index contributed by atoms with van der Waals surface area (Å²) in [4.78, 5) is 21.7. The van der Waals surface area contributed by atoms with Gasteiger partial charge in [0.15, 0.2) is 5.65 Å². The molecule has 0 bridgehead atoms. The normalized spacial score (nSPS) is 11.4. The standard InChI is InChI=1S/C24H32FN5O2/c1-16-20(17(2)26-23-22(16)24(32-6)27-29(23)5)10-11-21(31)30(13-12-28(3)4)15-18-8-7-9-19(25)14-18/h7-9,14H,10-13,15H2,1-6H3. The molecule has 0 spiro atoms. The van der Waals surface area contributed by atoms with Crippen LogP contribution in [0.25, 0.3) is 11.0 Å². The quantitative estimate of drug-likeness (QED) is 0.510. The topological polar surface area (TPSA) is 63.5 Å². The Bertz CT molecular complexity index is 1110. The molecule has 0 unspecified atom stereocenters. The number of pyridine rings is 1. The Morgan fingerprint density at radius 3 is 2.62 bits per heavy atom. The number of hydrogen-bond donors (Lipinski definition) is 0. The van der Waals surface area contributed by atoms with Gasteiger partial charge in [-0.15, -0.1) is 5.10 Å². The molecule has 2 heterocycles.